The lowest BCUT2D eigenvalue weighted by Gasteiger charge is -2.25. The summed E-state index contributed by atoms with van der Waals surface area (Å²) in [5.41, 5.74) is 0.555. The van der Waals surface area contributed by atoms with Gasteiger partial charge in [0.15, 0.2) is 0 Å². The van der Waals surface area contributed by atoms with Gasteiger partial charge in [0.05, 0.1) is 17.9 Å². The van der Waals surface area contributed by atoms with Crippen LogP contribution in [0.1, 0.15) is 55.1 Å². The molecule has 2 heterocycles. The van der Waals surface area contributed by atoms with Crippen LogP contribution in [-0.4, -0.2) is 49.1 Å². The summed E-state index contributed by atoms with van der Waals surface area (Å²) in [5.74, 6) is 0.486. The number of ether oxygens (including phenoxy) is 1. The predicted molar refractivity (Wildman–Crippen MR) is 90.9 cm³/mol. The number of nitrogens with zero attached hydrogens (tertiary/aromatic N) is 1. The van der Waals surface area contributed by atoms with E-state index in [1.165, 1.54) is 6.26 Å². The smallest absolute Gasteiger partial charge is 0.257 e. The van der Waals surface area contributed by atoms with Gasteiger partial charge in [-0.2, -0.15) is 0 Å². The van der Waals surface area contributed by atoms with Crippen LogP contribution in [0.5, 0.6) is 0 Å². The van der Waals surface area contributed by atoms with E-state index >= 15 is 0 Å². The first kappa shape index (κ1) is 18.5. The van der Waals surface area contributed by atoms with Gasteiger partial charge in [-0.3, -0.25) is 9.59 Å². The lowest BCUT2D eigenvalue weighted by Crippen LogP contribution is -2.40. The van der Waals surface area contributed by atoms with E-state index < -0.39 is 0 Å². The van der Waals surface area contributed by atoms with E-state index in [4.69, 9.17) is 9.15 Å². The number of furan rings is 1. The number of nitrogens with one attached hydrogen (secondary N) is 1. The van der Waals surface area contributed by atoms with Crippen molar-refractivity contribution in [2.75, 3.05) is 26.2 Å². The van der Waals surface area contributed by atoms with Crippen molar-refractivity contribution in [1.82, 2.24) is 10.2 Å². The van der Waals surface area contributed by atoms with Crippen molar-refractivity contribution in [3.63, 3.8) is 0 Å². The monoisotopic (exact) mass is 336 g/mol. The van der Waals surface area contributed by atoms with Crippen LogP contribution >= 0.6 is 0 Å². The van der Waals surface area contributed by atoms with Gasteiger partial charge < -0.3 is 19.4 Å². The van der Waals surface area contributed by atoms with Crippen LogP contribution in [0.4, 0.5) is 0 Å². The van der Waals surface area contributed by atoms with E-state index in [2.05, 4.69) is 12.2 Å². The molecule has 0 aromatic carbocycles. The minimum absolute atomic E-state index is 0.0162. The summed E-state index contributed by atoms with van der Waals surface area (Å²) < 4.78 is 10.9. The fourth-order valence-electron chi connectivity index (χ4n) is 2.82. The van der Waals surface area contributed by atoms with Gasteiger partial charge in [-0.05, 0) is 32.3 Å². The summed E-state index contributed by atoms with van der Waals surface area (Å²) in [6.07, 6.45) is 5.88. The third-order valence-electron chi connectivity index (χ3n) is 4.29. The molecule has 134 valence electrons. The van der Waals surface area contributed by atoms with E-state index in [0.29, 0.717) is 37.4 Å². The molecule has 0 aliphatic carbocycles. The molecular formula is C18H28N2O4. The Morgan fingerprint density at radius 2 is 2.25 bits per heavy atom. The van der Waals surface area contributed by atoms with Gasteiger partial charge in [0.1, 0.15) is 5.76 Å². The number of hydrogen-bond acceptors (Lipinski definition) is 4. The average molecular weight is 336 g/mol. The van der Waals surface area contributed by atoms with Crippen molar-refractivity contribution < 1.29 is 18.7 Å². The average Bonchev–Trinajstić information content (AvgIpc) is 3.22. The van der Waals surface area contributed by atoms with Crippen LogP contribution in [0.15, 0.2) is 16.7 Å². The Hall–Kier alpha value is -1.82. The Kier molecular flexibility index (Phi) is 7.31. The first-order valence-electron chi connectivity index (χ1n) is 8.83. The van der Waals surface area contributed by atoms with Gasteiger partial charge in [0.25, 0.3) is 5.91 Å². The first-order chi connectivity index (χ1) is 11.6. The van der Waals surface area contributed by atoms with Gasteiger partial charge in [-0.25, -0.2) is 0 Å². The van der Waals surface area contributed by atoms with Crippen LogP contribution in [0.3, 0.4) is 0 Å². The number of carbonyl (C=O) groups excluding carboxylic acids is 2. The Morgan fingerprint density at radius 1 is 1.42 bits per heavy atom. The lowest BCUT2D eigenvalue weighted by molar-refractivity contribution is -0.121. The summed E-state index contributed by atoms with van der Waals surface area (Å²) in [6.45, 7) is 6.20. The van der Waals surface area contributed by atoms with E-state index in [1.54, 1.807) is 17.9 Å². The van der Waals surface area contributed by atoms with Gasteiger partial charge >= 0.3 is 0 Å². The van der Waals surface area contributed by atoms with Crippen molar-refractivity contribution >= 4 is 11.8 Å². The molecule has 6 nitrogen and oxygen atoms in total. The molecule has 1 aromatic heterocycles. The standard InChI is InChI=1S/C18H28N2O4/c1-3-4-9-19-17(21)7-10-20(13-15-6-5-11-24-15)18(22)16-8-12-23-14(16)2/h8,12,15H,3-7,9-11,13H2,1-2H3,(H,19,21)/t15-/m1/s1. The molecular weight excluding hydrogens is 308 g/mol. The van der Waals surface area contributed by atoms with E-state index in [-0.39, 0.29) is 17.9 Å². The number of aryl methyl sites for hydroxylation is 1. The fourth-order valence-corrected chi connectivity index (χ4v) is 2.82. The highest BCUT2D eigenvalue weighted by Crippen LogP contribution is 2.17. The minimum Gasteiger partial charge on any atom is -0.469 e. The van der Waals surface area contributed by atoms with Crippen LogP contribution in [0.2, 0.25) is 0 Å². The summed E-state index contributed by atoms with van der Waals surface area (Å²) in [4.78, 5) is 26.4. The lowest BCUT2D eigenvalue weighted by atomic mass is 10.1. The molecule has 6 heteroatoms. The maximum absolute atomic E-state index is 12.8. The summed E-state index contributed by atoms with van der Waals surface area (Å²) >= 11 is 0. The SMILES string of the molecule is CCCCNC(=O)CCN(C[C@H]1CCCO1)C(=O)c1ccoc1C. The van der Waals surface area contributed by atoms with E-state index in [0.717, 1.165) is 32.3 Å². The van der Waals surface area contributed by atoms with Gasteiger partial charge in [-0.1, -0.05) is 13.3 Å². The van der Waals surface area contributed by atoms with Crippen molar-refractivity contribution in [3.05, 3.63) is 23.7 Å². The molecule has 24 heavy (non-hydrogen) atoms. The topological polar surface area (TPSA) is 71.8 Å². The summed E-state index contributed by atoms with van der Waals surface area (Å²) in [6, 6.07) is 1.68. The molecule has 1 N–H and O–H groups in total. The molecule has 0 radical (unpaired) electrons. The van der Waals surface area contributed by atoms with Crippen LogP contribution in [0, 0.1) is 6.92 Å². The highest BCUT2D eigenvalue weighted by Gasteiger charge is 2.25. The molecule has 0 unspecified atom stereocenters. The number of unbranched alkanes of at least 4 members (excludes halogenated alkanes) is 1. The first-order valence-corrected chi connectivity index (χ1v) is 8.83. The van der Waals surface area contributed by atoms with Gasteiger partial charge in [0.2, 0.25) is 5.91 Å². The molecule has 1 aliphatic rings. The van der Waals surface area contributed by atoms with Crippen molar-refractivity contribution in [2.45, 2.75) is 52.1 Å². The summed E-state index contributed by atoms with van der Waals surface area (Å²) in [5, 5.41) is 2.89. The molecule has 1 fully saturated rings. The quantitative estimate of drug-likeness (QED) is 0.703. The number of hydrogen-bond donors (Lipinski definition) is 1. The Labute approximate surface area is 143 Å². The van der Waals surface area contributed by atoms with Crippen molar-refractivity contribution in [1.29, 1.82) is 0 Å². The number of rotatable bonds is 9. The third kappa shape index (κ3) is 5.37. The molecule has 1 saturated heterocycles. The van der Waals surface area contributed by atoms with Gasteiger partial charge in [0, 0.05) is 32.7 Å². The second kappa shape index (κ2) is 9.47. The molecule has 1 aromatic rings. The number of amides is 2. The zero-order valence-corrected chi connectivity index (χ0v) is 14.7. The molecule has 0 bridgehead atoms. The van der Waals surface area contributed by atoms with Crippen LogP contribution in [-0.2, 0) is 9.53 Å². The Bertz CT molecular complexity index is 535. The predicted octanol–water partition coefficient (Wildman–Crippen LogP) is 2.52. The molecule has 1 atom stereocenters. The summed E-state index contributed by atoms with van der Waals surface area (Å²) in [7, 11) is 0. The maximum Gasteiger partial charge on any atom is 0.257 e. The number of carbonyl (C=O) groups is 2. The van der Waals surface area contributed by atoms with Gasteiger partial charge in [-0.15, -0.1) is 0 Å². The maximum atomic E-state index is 12.8. The fraction of sp³-hybridized carbons (Fsp3) is 0.667. The van der Waals surface area contributed by atoms with Crippen molar-refractivity contribution in [2.24, 2.45) is 0 Å². The van der Waals surface area contributed by atoms with Crippen LogP contribution in [0.25, 0.3) is 0 Å². The third-order valence-corrected chi connectivity index (χ3v) is 4.29. The molecule has 0 saturated carbocycles. The van der Waals surface area contributed by atoms with Crippen molar-refractivity contribution in [3.8, 4) is 0 Å². The van der Waals surface area contributed by atoms with Crippen LogP contribution < -0.4 is 5.32 Å². The molecule has 2 amide bonds. The van der Waals surface area contributed by atoms with E-state index in [9.17, 15) is 9.59 Å². The molecule has 1 aliphatic heterocycles. The molecule has 2 rings (SSSR count). The zero-order chi connectivity index (χ0) is 17.4. The normalized spacial score (nSPS) is 17.0. The zero-order valence-electron chi connectivity index (χ0n) is 14.7. The van der Waals surface area contributed by atoms with E-state index in [1.807, 2.05) is 0 Å². The molecule has 0 spiro atoms. The highest BCUT2D eigenvalue weighted by molar-refractivity contribution is 5.95. The highest BCUT2D eigenvalue weighted by atomic mass is 16.5. The second-order valence-corrected chi connectivity index (χ2v) is 6.23. The minimum atomic E-state index is -0.0990. The second-order valence-electron chi connectivity index (χ2n) is 6.23. The Balaban J connectivity index is 1.93. The Morgan fingerprint density at radius 3 is 2.88 bits per heavy atom. The largest absolute Gasteiger partial charge is 0.469 e.